The number of halogens is 3. The highest BCUT2D eigenvalue weighted by atomic mass is 35.5. The van der Waals surface area contributed by atoms with Crippen molar-refractivity contribution in [2.75, 3.05) is 7.05 Å². The van der Waals surface area contributed by atoms with Crippen LogP contribution < -0.4 is 0 Å². The molecule has 0 heterocycles. The maximum atomic E-state index is 12.1. The number of nitrogens with zero attached hydrogens (tertiary/aromatic N) is 2. The van der Waals surface area contributed by atoms with E-state index in [-0.39, 0.29) is 11.8 Å². The van der Waals surface area contributed by atoms with Crippen molar-refractivity contribution in [1.82, 2.24) is 4.90 Å². The molecule has 2 aromatic rings. The summed E-state index contributed by atoms with van der Waals surface area (Å²) in [6.07, 6.45) is 8.22. The molecule has 0 N–H and O–H groups in total. The summed E-state index contributed by atoms with van der Waals surface area (Å²) in [5.41, 5.74) is 3.22. The predicted octanol–water partition coefficient (Wildman–Crippen LogP) is 7.84. The fourth-order valence-electron chi connectivity index (χ4n) is 4.68. The molecule has 7 heteroatoms. The summed E-state index contributed by atoms with van der Waals surface area (Å²) < 4.78 is 0. The quantitative estimate of drug-likeness (QED) is 0.201. The second-order valence-electron chi connectivity index (χ2n) is 8.73. The van der Waals surface area contributed by atoms with Crippen LogP contribution in [-0.4, -0.2) is 35.4 Å². The highest BCUT2D eigenvalue weighted by Gasteiger charge is 2.39. The number of aryl methyl sites for hydroxylation is 1. The van der Waals surface area contributed by atoms with E-state index >= 15 is 0 Å². The van der Waals surface area contributed by atoms with Crippen LogP contribution >= 0.6 is 34.8 Å². The Labute approximate surface area is 218 Å². The minimum absolute atomic E-state index is 0.222. The average Bonchev–Trinajstić information content (AvgIpc) is 2.82. The Hall–Kier alpha value is -1.72. The molecule has 1 atom stereocenters. The summed E-state index contributed by atoms with van der Waals surface area (Å²) in [6, 6.07) is 14.2. The van der Waals surface area contributed by atoms with Gasteiger partial charge in [0.15, 0.2) is 6.29 Å². The summed E-state index contributed by atoms with van der Waals surface area (Å²) >= 11 is 16.7. The molecule has 1 unspecified atom stereocenters. The van der Waals surface area contributed by atoms with Gasteiger partial charge in [0.2, 0.25) is 5.75 Å². The minimum atomic E-state index is -0.423. The van der Waals surface area contributed by atoms with E-state index in [2.05, 4.69) is 61.7 Å². The first-order valence-corrected chi connectivity index (χ1v) is 12.8. The third-order valence-corrected chi connectivity index (χ3v) is 6.84. The second kappa shape index (κ2) is 14.0. The SMILES string of the molecule is CCCC(c1ccc(C)cc1)N(C)C1(/N=C(\C=O)c2cc(Cl)cc(Cl)c2)CCCCC1.O=CCl. The lowest BCUT2D eigenvalue weighted by atomic mass is 9.85. The summed E-state index contributed by atoms with van der Waals surface area (Å²) in [6.45, 7) is 4.33. The van der Waals surface area contributed by atoms with Gasteiger partial charge in [0.1, 0.15) is 11.4 Å². The molecule has 0 bridgehead atoms. The molecule has 0 aliphatic heterocycles. The van der Waals surface area contributed by atoms with E-state index in [1.54, 1.807) is 18.2 Å². The molecule has 0 saturated heterocycles. The Balaban J connectivity index is 0.00000129. The van der Waals surface area contributed by atoms with Gasteiger partial charge in [0.05, 0.1) is 0 Å². The lowest BCUT2D eigenvalue weighted by Gasteiger charge is -2.46. The number of benzene rings is 2. The van der Waals surface area contributed by atoms with Gasteiger partial charge < -0.3 is 0 Å². The van der Waals surface area contributed by atoms with Crippen molar-refractivity contribution in [1.29, 1.82) is 0 Å². The van der Waals surface area contributed by atoms with Crippen molar-refractivity contribution in [3.05, 3.63) is 69.2 Å². The van der Waals surface area contributed by atoms with Crippen LogP contribution in [0.4, 0.5) is 0 Å². The van der Waals surface area contributed by atoms with E-state index in [4.69, 9.17) is 33.0 Å². The predicted molar refractivity (Wildman–Crippen MR) is 144 cm³/mol. The van der Waals surface area contributed by atoms with Gasteiger partial charge in [0, 0.05) is 21.7 Å². The molecule has 3 rings (SSSR count). The Kier molecular flexibility index (Phi) is 11.7. The number of rotatable bonds is 8. The van der Waals surface area contributed by atoms with Gasteiger partial charge in [-0.1, -0.05) is 72.8 Å². The highest BCUT2D eigenvalue weighted by molar-refractivity contribution is 6.54. The molecular formula is C27H33Cl3N2O2. The molecule has 1 aliphatic carbocycles. The zero-order chi connectivity index (χ0) is 25.1. The number of aldehydes is 1. The van der Waals surface area contributed by atoms with Gasteiger partial charge in [-0.3, -0.25) is 19.5 Å². The van der Waals surface area contributed by atoms with Crippen molar-refractivity contribution in [3.8, 4) is 0 Å². The fraction of sp³-hybridized carbons (Fsp3) is 0.444. The van der Waals surface area contributed by atoms with Crippen molar-refractivity contribution >= 4 is 52.5 Å². The third kappa shape index (κ3) is 7.64. The van der Waals surface area contributed by atoms with Crippen LogP contribution in [0.25, 0.3) is 0 Å². The molecule has 1 aliphatic rings. The van der Waals surface area contributed by atoms with Crippen LogP contribution in [0.3, 0.4) is 0 Å². The molecule has 0 amide bonds. The van der Waals surface area contributed by atoms with Crippen LogP contribution in [0.2, 0.25) is 10.0 Å². The first-order valence-electron chi connectivity index (χ1n) is 11.6. The Morgan fingerprint density at radius 1 is 1.06 bits per heavy atom. The summed E-state index contributed by atoms with van der Waals surface area (Å²) in [4.78, 5) is 28.3. The van der Waals surface area contributed by atoms with Crippen LogP contribution in [0.1, 0.15) is 74.6 Å². The van der Waals surface area contributed by atoms with Gasteiger partial charge in [0.25, 0.3) is 0 Å². The number of carbonyl (C=O) groups is 2. The Morgan fingerprint density at radius 2 is 1.62 bits per heavy atom. The van der Waals surface area contributed by atoms with Gasteiger partial charge >= 0.3 is 0 Å². The fourth-order valence-corrected chi connectivity index (χ4v) is 5.21. The van der Waals surface area contributed by atoms with Gasteiger partial charge in [-0.05, 0) is 81.4 Å². The molecule has 34 heavy (non-hydrogen) atoms. The minimum Gasteiger partial charge on any atom is -0.296 e. The number of aliphatic imine (C=N–C) groups is 1. The van der Waals surface area contributed by atoms with Crippen molar-refractivity contribution in [3.63, 3.8) is 0 Å². The molecule has 4 nitrogen and oxygen atoms in total. The van der Waals surface area contributed by atoms with Crippen molar-refractivity contribution < 1.29 is 9.59 Å². The first-order chi connectivity index (χ1) is 16.3. The zero-order valence-corrected chi connectivity index (χ0v) is 22.3. The maximum Gasteiger partial charge on any atom is 0.208 e. The monoisotopic (exact) mass is 522 g/mol. The molecule has 0 spiro atoms. The normalized spacial score (nSPS) is 16.4. The van der Waals surface area contributed by atoms with Crippen LogP contribution in [-0.2, 0) is 9.59 Å². The lowest BCUT2D eigenvalue weighted by Crippen LogP contribution is -2.49. The topological polar surface area (TPSA) is 49.7 Å². The van der Waals surface area contributed by atoms with E-state index in [0.717, 1.165) is 44.8 Å². The second-order valence-corrected chi connectivity index (χ2v) is 9.78. The molecule has 1 saturated carbocycles. The molecular weight excluding hydrogens is 491 g/mol. The Morgan fingerprint density at radius 3 is 2.12 bits per heavy atom. The molecule has 1 fully saturated rings. The molecule has 184 valence electrons. The van der Waals surface area contributed by atoms with E-state index < -0.39 is 5.66 Å². The largest absolute Gasteiger partial charge is 0.296 e. The van der Waals surface area contributed by atoms with Crippen LogP contribution in [0, 0.1) is 6.92 Å². The van der Waals surface area contributed by atoms with Gasteiger partial charge in [-0.25, -0.2) is 0 Å². The lowest BCUT2D eigenvalue weighted by molar-refractivity contribution is -0.102. The van der Waals surface area contributed by atoms with Gasteiger partial charge in [-0.15, -0.1) is 0 Å². The van der Waals surface area contributed by atoms with Crippen molar-refractivity contribution in [2.45, 2.75) is 70.5 Å². The smallest absolute Gasteiger partial charge is 0.208 e. The van der Waals surface area contributed by atoms with Crippen LogP contribution in [0.5, 0.6) is 0 Å². The molecule has 0 radical (unpaired) electrons. The Bertz CT molecular complexity index is 950. The third-order valence-electron chi connectivity index (χ3n) is 6.40. The van der Waals surface area contributed by atoms with E-state index in [1.807, 2.05) is 0 Å². The number of hydrogen-bond acceptors (Lipinski definition) is 4. The van der Waals surface area contributed by atoms with E-state index in [1.165, 1.54) is 17.5 Å². The zero-order valence-electron chi connectivity index (χ0n) is 20.1. The van der Waals surface area contributed by atoms with E-state index in [0.29, 0.717) is 21.3 Å². The van der Waals surface area contributed by atoms with Crippen LogP contribution in [0.15, 0.2) is 47.5 Å². The van der Waals surface area contributed by atoms with E-state index in [9.17, 15) is 4.79 Å². The van der Waals surface area contributed by atoms with Crippen molar-refractivity contribution in [2.24, 2.45) is 4.99 Å². The average molecular weight is 524 g/mol. The maximum absolute atomic E-state index is 12.1. The summed E-state index contributed by atoms with van der Waals surface area (Å²) in [7, 11) is 2.17. The number of hydrogen-bond donors (Lipinski definition) is 0. The molecule has 0 aromatic heterocycles. The summed E-state index contributed by atoms with van der Waals surface area (Å²) in [5.74, 6) is 0.222. The molecule has 2 aromatic carbocycles. The highest BCUT2D eigenvalue weighted by Crippen LogP contribution is 2.41. The van der Waals surface area contributed by atoms with Gasteiger partial charge in [-0.2, -0.15) is 0 Å². The standard InChI is InChI=1S/C26H32Cl2N2O.CHClO/c1-4-8-25(20-11-9-19(2)10-12-20)30(3)26(13-6-5-7-14-26)29-24(18-31)21-15-22(27)17-23(28)16-21;2-1-3/h9-12,15-18,25H,4-8,13-14H2,1-3H3;1H/b29-24+;. The summed E-state index contributed by atoms with van der Waals surface area (Å²) in [5, 5.41) is 1.01. The number of carbonyl (C=O) groups excluding carboxylic acids is 2. The first kappa shape index (κ1) is 28.5.